The topological polar surface area (TPSA) is 72.6 Å². The molecule has 6 heteroatoms. The first-order chi connectivity index (χ1) is 9.38. The maximum Gasteiger partial charge on any atom is 0.243 e. The summed E-state index contributed by atoms with van der Waals surface area (Å²) in [7, 11) is -1.96. The van der Waals surface area contributed by atoms with Gasteiger partial charge < -0.3 is 10.5 Å². The minimum Gasteiger partial charge on any atom is -0.496 e. The third-order valence-electron chi connectivity index (χ3n) is 3.10. The smallest absolute Gasteiger partial charge is 0.243 e. The Hall–Kier alpha value is -1.11. The van der Waals surface area contributed by atoms with E-state index >= 15 is 0 Å². The fourth-order valence-electron chi connectivity index (χ4n) is 2.09. The predicted molar refractivity (Wildman–Crippen MR) is 80.2 cm³/mol. The van der Waals surface area contributed by atoms with Gasteiger partial charge in [-0.3, -0.25) is 0 Å². The quantitative estimate of drug-likeness (QED) is 0.835. The maximum atomic E-state index is 12.7. The average Bonchev–Trinajstić information content (AvgIpc) is 2.43. The van der Waals surface area contributed by atoms with Crippen molar-refractivity contribution in [2.75, 3.05) is 13.7 Å². The molecule has 0 aromatic heterocycles. The van der Waals surface area contributed by atoms with Gasteiger partial charge in [0.05, 0.1) is 12.0 Å². The van der Waals surface area contributed by atoms with Crippen molar-refractivity contribution >= 4 is 10.0 Å². The van der Waals surface area contributed by atoms with Crippen molar-refractivity contribution in [2.45, 2.75) is 44.7 Å². The van der Waals surface area contributed by atoms with Crippen LogP contribution in [0.3, 0.4) is 0 Å². The molecule has 1 rings (SSSR count). The van der Waals surface area contributed by atoms with E-state index in [2.05, 4.69) is 0 Å². The maximum absolute atomic E-state index is 12.7. The first kappa shape index (κ1) is 16.9. The van der Waals surface area contributed by atoms with E-state index in [1.165, 1.54) is 4.31 Å². The van der Waals surface area contributed by atoms with E-state index in [1.54, 1.807) is 25.3 Å². The monoisotopic (exact) mass is 300 g/mol. The Kier molecular flexibility index (Phi) is 5.98. The van der Waals surface area contributed by atoms with Gasteiger partial charge in [-0.15, -0.1) is 0 Å². The van der Waals surface area contributed by atoms with Gasteiger partial charge in [-0.25, -0.2) is 8.42 Å². The molecule has 0 fully saturated rings. The molecule has 0 radical (unpaired) electrons. The van der Waals surface area contributed by atoms with Gasteiger partial charge in [-0.1, -0.05) is 6.92 Å². The minimum absolute atomic E-state index is 0.0802. The fraction of sp³-hybridized carbons (Fsp3) is 0.571. The van der Waals surface area contributed by atoms with Gasteiger partial charge in [0, 0.05) is 24.7 Å². The molecule has 0 amide bonds. The van der Waals surface area contributed by atoms with E-state index in [0.717, 1.165) is 6.42 Å². The zero-order chi connectivity index (χ0) is 15.3. The number of hydrogen-bond acceptors (Lipinski definition) is 4. The molecule has 0 aliphatic rings. The lowest BCUT2D eigenvalue weighted by Crippen LogP contribution is -2.37. The summed E-state index contributed by atoms with van der Waals surface area (Å²) in [6, 6.07) is 4.74. The number of sulfonamides is 1. The number of nitrogens with zero attached hydrogens (tertiary/aromatic N) is 1. The van der Waals surface area contributed by atoms with Gasteiger partial charge in [0.15, 0.2) is 0 Å². The molecule has 0 aliphatic heterocycles. The lowest BCUT2D eigenvalue weighted by atomic mass is 10.2. The van der Waals surface area contributed by atoms with Crippen LogP contribution in [-0.2, 0) is 16.6 Å². The number of nitrogens with two attached hydrogens (primary N) is 1. The molecule has 2 N–H and O–H groups in total. The molecular formula is C14H24N2O3S. The molecule has 0 saturated heterocycles. The molecule has 0 atom stereocenters. The largest absolute Gasteiger partial charge is 0.496 e. The number of methoxy groups -OCH3 is 1. The van der Waals surface area contributed by atoms with Crippen LogP contribution in [0, 0.1) is 0 Å². The van der Waals surface area contributed by atoms with Crippen LogP contribution in [0.15, 0.2) is 23.1 Å². The highest BCUT2D eigenvalue weighted by atomic mass is 32.2. The Morgan fingerprint density at radius 2 is 2.00 bits per heavy atom. The zero-order valence-electron chi connectivity index (χ0n) is 12.6. The van der Waals surface area contributed by atoms with Crippen LogP contribution in [0.5, 0.6) is 5.75 Å². The first-order valence-corrected chi connectivity index (χ1v) is 8.21. The summed E-state index contributed by atoms with van der Waals surface area (Å²) in [6.45, 7) is 6.46. The van der Waals surface area contributed by atoms with Gasteiger partial charge in [0.2, 0.25) is 10.0 Å². The number of hydrogen-bond donors (Lipinski definition) is 1. The summed E-state index contributed by atoms with van der Waals surface area (Å²) < 4.78 is 32.0. The van der Waals surface area contributed by atoms with Crippen LogP contribution in [0.2, 0.25) is 0 Å². The van der Waals surface area contributed by atoms with E-state index in [0.29, 0.717) is 17.9 Å². The van der Waals surface area contributed by atoms with E-state index in [4.69, 9.17) is 10.5 Å². The molecule has 0 unspecified atom stereocenters. The second-order valence-electron chi connectivity index (χ2n) is 4.89. The molecule has 0 spiro atoms. The molecule has 0 saturated carbocycles. The van der Waals surface area contributed by atoms with Crippen molar-refractivity contribution in [2.24, 2.45) is 5.73 Å². The van der Waals surface area contributed by atoms with Gasteiger partial charge in [0.25, 0.3) is 0 Å². The molecule has 0 aliphatic carbocycles. The normalized spacial score (nSPS) is 12.2. The summed E-state index contributed by atoms with van der Waals surface area (Å²) in [5.41, 5.74) is 6.33. The fourth-order valence-corrected chi connectivity index (χ4v) is 3.87. The Bertz CT molecular complexity index is 541. The van der Waals surface area contributed by atoms with Gasteiger partial charge in [-0.2, -0.15) is 4.31 Å². The van der Waals surface area contributed by atoms with Crippen LogP contribution in [0.4, 0.5) is 0 Å². The minimum atomic E-state index is -3.50. The molecule has 0 heterocycles. The van der Waals surface area contributed by atoms with Crippen molar-refractivity contribution in [3.05, 3.63) is 23.8 Å². The highest BCUT2D eigenvalue weighted by Gasteiger charge is 2.26. The van der Waals surface area contributed by atoms with Crippen molar-refractivity contribution in [1.82, 2.24) is 4.31 Å². The van der Waals surface area contributed by atoms with Crippen molar-refractivity contribution in [1.29, 1.82) is 0 Å². The summed E-state index contributed by atoms with van der Waals surface area (Å²) in [5, 5.41) is 0. The summed E-state index contributed by atoms with van der Waals surface area (Å²) in [4.78, 5) is 0.265. The molecule has 1 aromatic carbocycles. The van der Waals surface area contributed by atoms with Crippen LogP contribution >= 0.6 is 0 Å². The van der Waals surface area contributed by atoms with Crippen molar-refractivity contribution in [3.8, 4) is 5.75 Å². The Morgan fingerprint density at radius 3 is 2.45 bits per heavy atom. The van der Waals surface area contributed by atoms with Gasteiger partial charge in [-0.05, 0) is 38.5 Å². The Balaban J connectivity index is 3.27. The van der Waals surface area contributed by atoms with E-state index in [1.807, 2.05) is 20.8 Å². The van der Waals surface area contributed by atoms with Crippen LogP contribution in [0.25, 0.3) is 0 Å². The van der Waals surface area contributed by atoms with Crippen molar-refractivity contribution < 1.29 is 13.2 Å². The summed E-state index contributed by atoms with van der Waals surface area (Å²) >= 11 is 0. The SMILES string of the molecule is CCCN(C(C)C)S(=O)(=O)c1ccc(OC)c(CN)c1. The molecule has 1 aromatic rings. The molecule has 0 bridgehead atoms. The molecule has 20 heavy (non-hydrogen) atoms. The summed E-state index contributed by atoms with van der Waals surface area (Å²) in [6.07, 6.45) is 0.775. The van der Waals surface area contributed by atoms with Gasteiger partial charge >= 0.3 is 0 Å². The molecular weight excluding hydrogens is 276 g/mol. The lowest BCUT2D eigenvalue weighted by molar-refractivity contribution is 0.354. The van der Waals surface area contributed by atoms with Crippen LogP contribution in [0.1, 0.15) is 32.8 Å². The highest BCUT2D eigenvalue weighted by Crippen LogP contribution is 2.25. The third-order valence-corrected chi connectivity index (χ3v) is 5.17. The second-order valence-corrected chi connectivity index (χ2v) is 6.78. The third kappa shape index (κ3) is 3.50. The van der Waals surface area contributed by atoms with Crippen LogP contribution in [-0.4, -0.2) is 32.4 Å². The number of ether oxygens (including phenoxy) is 1. The summed E-state index contributed by atoms with van der Waals surface area (Å²) in [5.74, 6) is 0.609. The molecule has 114 valence electrons. The standard InChI is InChI=1S/C14H24N2O3S/c1-5-8-16(11(2)3)20(17,18)13-6-7-14(19-4)12(9-13)10-15/h6-7,9,11H,5,8,10,15H2,1-4H3. The first-order valence-electron chi connectivity index (χ1n) is 6.77. The Labute approximate surface area is 121 Å². The van der Waals surface area contributed by atoms with Crippen molar-refractivity contribution in [3.63, 3.8) is 0 Å². The average molecular weight is 300 g/mol. The zero-order valence-corrected chi connectivity index (χ0v) is 13.4. The van der Waals surface area contributed by atoms with Crippen LogP contribution < -0.4 is 10.5 Å². The second kappa shape index (κ2) is 7.06. The predicted octanol–water partition coefficient (Wildman–Crippen LogP) is 1.96. The molecule has 5 nitrogen and oxygen atoms in total. The highest BCUT2D eigenvalue weighted by molar-refractivity contribution is 7.89. The number of rotatable bonds is 7. The Morgan fingerprint density at radius 1 is 1.35 bits per heavy atom. The number of benzene rings is 1. The van der Waals surface area contributed by atoms with E-state index in [-0.39, 0.29) is 17.5 Å². The lowest BCUT2D eigenvalue weighted by Gasteiger charge is -2.25. The van der Waals surface area contributed by atoms with E-state index < -0.39 is 10.0 Å². The van der Waals surface area contributed by atoms with Gasteiger partial charge in [0.1, 0.15) is 5.75 Å². The van der Waals surface area contributed by atoms with E-state index in [9.17, 15) is 8.42 Å².